The Morgan fingerprint density at radius 2 is 1.90 bits per heavy atom. The number of hydrogen-bond acceptors (Lipinski definition) is 4. The second-order valence-corrected chi connectivity index (χ2v) is 9.45. The zero-order valence-electron chi connectivity index (χ0n) is 18.1. The highest BCUT2D eigenvalue weighted by Gasteiger charge is 2.52. The Balaban J connectivity index is 1.44. The summed E-state index contributed by atoms with van der Waals surface area (Å²) in [6.45, 7) is 3.72. The van der Waals surface area contributed by atoms with Crippen molar-refractivity contribution in [3.8, 4) is 0 Å². The summed E-state index contributed by atoms with van der Waals surface area (Å²) < 4.78 is 0. The number of hydrogen-bond donors (Lipinski definition) is 2. The largest absolute Gasteiger partial charge is 0.370 e. The number of halogens is 1. The molecule has 2 aliphatic heterocycles. The van der Waals surface area contributed by atoms with E-state index in [1.165, 1.54) is 6.42 Å². The highest BCUT2D eigenvalue weighted by molar-refractivity contribution is 6.31. The molecule has 168 valence electrons. The molecule has 0 unspecified atom stereocenters. The Kier molecular flexibility index (Phi) is 6.42. The van der Waals surface area contributed by atoms with Crippen LogP contribution in [0, 0.1) is 5.92 Å². The van der Waals surface area contributed by atoms with Gasteiger partial charge in [0.15, 0.2) is 0 Å². The Hall–Kier alpha value is -2.28. The molecule has 2 saturated heterocycles. The van der Waals surface area contributed by atoms with E-state index in [0.717, 1.165) is 55.8 Å². The van der Waals surface area contributed by atoms with Gasteiger partial charge in [-0.15, -0.1) is 0 Å². The fourth-order valence-electron chi connectivity index (χ4n) is 5.09. The van der Waals surface area contributed by atoms with Crippen molar-refractivity contribution in [1.82, 2.24) is 10.2 Å². The Morgan fingerprint density at radius 3 is 2.58 bits per heavy atom. The highest BCUT2D eigenvalue weighted by Crippen LogP contribution is 2.38. The van der Waals surface area contributed by atoms with Crippen molar-refractivity contribution in [2.75, 3.05) is 29.9 Å². The SMILES string of the molecule is CCC1CCC2(CC1)NC(=O)N(CC(=O)Nc1cc(Cl)ccc1N1CCCCC1)C2=O. The van der Waals surface area contributed by atoms with Crippen molar-refractivity contribution in [2.24, 2.45) is 5.92 Å². The number of anilines is 2. The van der Waals surface area contributed by atoms with E-state index in [2.05, 4.69) is 22.5 Å². The molecule has 1 aliphatic carbocycles. The second-order valence-electron chi connectivity index (χ2n) is 9.01. The molecule has 4 amide bonds. The summed E-state index contributed by atoms with van der Waals surface area (Å²) in [6, 6.07) is 4.98. The van der Waals surface area contributed by atoms with E-state index in [1.54, 1.807) is 6.07 Å². The minimum atomic E-state index is -0.835. The smallest absolute Gasteiger partial charge is 0.325 e. The van der Waals surface area contributed by atoms with Crippen LogP contribution in [0.25, 0.3) is 0 Å². The summed E-state index contributed by atoms with van der Waals surface area (Å²) in [5.41, 5.74) is 0.701. The highest BCUT2D eigenvalue weighted by atomic mass is 35.5. The van der Waals surface area contributed by atoms with Gasteiger partial charge in [-0.3, -0.25) is 14.5 Å². The monoisotopic (exact) mass is 446 g/mol. The van der Waals surface area contributed by atoms with E-state index in [0.29, 0.717) is 29.5 Å². The lowest BCUT2D eigenvalue weighted by molar-refractivity contribution is -0.135. The van der Waals surface area contributed by atoms with Gasteiger partial charge in [-0.1, -0.05) is 24.9 Å². The van der Waals surface area contributed by atoms with E-state index in [-0.39, 0.29) is 12.5 Å². The zero-order valence-corrected chi connectivity index (χ0v) is 18.8. The summed E-state index contributed by atoms with van der Waals surface area (Å²) in [5, 5.41) is 6.29. The van der Waals surface area contributed by atoms with Crippen molar-refractivity contribution < 1.29 is 14.4 Å². The third-order valence-electron chi connectivity index (χ3n) is 7.01. The quantitative estimate of drug-likeness (QED) is 0.665. The van der Waals surface area contributed by atoms with Gasteiger partial charge >= 0.3 is 6.03 Å². The number of piperidine rings is 1. The maximum Gasteiger partial charge on any atom is 0.325 e. The van der Waals surface area contributed by atoms with Crippen molar-refractivity contribution in [3.63, 3.8) is 0 Å². The Labute approximate surface area is 188 Å². The molecule has 0 bridgehead atoms. The summed E-state index contributed by atoms with van der Waals surface area (Å²) in [5.74, 6) is -0.0726. The Morgan fingerprint density at radius 1 is 1.19 bits per heavy atom. The molecule has 4 rings (SSSR count). The number of amides is 4. The predicted molar refractivity (Wildman–Crippen MR) is 121 cm³/mol. The molecule has 7 nitrogen and oxygen atoms in total. The van der Waals surface area contributed by atoms with E-state index in [9.17, 15) is 14.4 Å². The molecule has 3 aliphatic rings. The lowest BCUT2D eigenvalue weighted by Crippen LogP contribution is -2.49. The topological polar surface area (TPSA) is 81.8 Å². The molecule has 1 aromatic rings. The van der Waals surface area contributed by atoms with Crippen LogP contribution in [0.5, 0.6) is 0 Å². The van der Waals surface area contributed by atoms with Gasteiger partial charge in [0.05, 0.1) is 11.4 Å². The van der Waals surface area contributed by atoms with Gasteiger partial charge in [-0.2, -0.15) is 0 Å². The minimum absolute atomic E-state index is 0.274. The van der Waals surface area contributed by atoms with Crippen molar-refractivity contribution in [2.45, 2.75) is 63.8 Å². The molecule has 1 spiro atoms. The van der Waals surface area contributed by atoms with Crippen LogP contribution >= 0.6 is 11.6 Å². The van der Waals surface area contributed by atoms with E-state index in [1.807, 2.05) is 12.1 Å². The fourth-order valence-corrected chi connectivity index (χ4v) is 5.26. The summed E-state index contributed by atoms with van der Waals surface area (Å²) >= 11 is 6.18. The van der Waals surface area contributed by atoms with Gasteiger partial charge in [0.2, 0.25) is 5.91 Å². The van der Waals surface area contributed by atoms with Crippen LogP contribution in [0.1, 0.15) is 58.3 Å². The number of imide groups is 1. The first-order valence-electron chi connectivity index (χ1n) is 11.4. The molecular formula is C23H31ClN4O3. The molecule has 8 heteroatoms. The minimum Gasteiger partial charge on any atom is -0.370 e. The van der Waals surface area contributed by atoms with Gasteiger partial charge < -0.3 is 15.5 Å². The van der Waals surface area contributed by atoms with Gasteiger partial charge in [0, 0.05) is 18.1 Å². The van der Waals surface area contributed by atoms with Gasteiger partial charge in [-0.05, 0) is 69.1 Å². The lowest BCUT2D eigenvalue weighted by atomic mass is 9.75. The lowest BCUT2D eigenvalue weighted by Gasteiger charge is -2.34. The van der Waals surface area contributed by atoms with Crippen LogP contribution in [0.4, 0.5) is 16.2 Å². The number of nitrogens with zero attached hydrogens (tertiary/aromatic N) is 2. The van der Waals surface area contributed by atoms with Gasteiger partial charge in [0.1, 0.15) is 12.1 Å². The van der Waals surface area contributed by atoms with Gasteiger partial charge in [-0.25, -0.2) is 4.79 Å². The molecule has 0 aromatic heterocycles. The molecule has 1 aromatic carbocycles. The number of urea groups is 1. The van der Waals surface area contributed by atoms with Crippen LogP contribution in [-0.4, -0.2) is 47.9 Å². The predicted octanol–water partition coefficient (Wildman–Crippen LogP) is 4.16. The normalized spacial score (nSPS) is 26.3. The molecular weight excluding hydrogens is 416 g/mol. The molecule has 2 heterocycles. The maximum absolute atomic E-state index is 13.1. The van der Waals surface area contributed by atoms with E-state index < -0.39 is 17.5 Å². The average molecular weight is 447 g/mol. The number of carbonyl (C=O) groups excluding carboxylic acids is 3. The first-order valence-corrected chi connectivity index (χ1v) is 11.8. The van der Waals surface area contributed by atoms with Gasteiger partial charge in [0.25, 0.3) is 5.91 Å². The third-order valence-corrected chi connectivity index (χ3v) is 7.25. The number of nitrogens with one attached hydrogen (secondary N) is 2. The molecule has 0 radical (unpaired) electrons. The van der Waals surface area contributed by atoms with Crippen molar-refractivity contribution >= 4 is 40.8 Å². The summed E-state index contributed by atoms with van der Waals surface area (Å²) in [6.07, 6.45) is 7.64. The summed E-state index contributed by atoms with van der Waals surface area (Å²) in [4.78, 5) is 41.8. The van der Waals surface area contributed by atoms with Crippen molar-refractivity contribution in [3.05, 3.63) is 23.2 Å². The molecule has 1 saturated carbocycles. The van der Waals surface area contributed by atoms with Crippen LogP contribution in [-0.2, 0) is 9.59 Å². The van der Waals surface area contributed by atoms with E-state index >= 15 is 0 Å². The first kappa shape index (κ1) is 21.9. The number of carbonyl (C=O) groups is 3. The maximum atomic E-state index is 13.1. The van der Waals surface area contributed by atoms with Crippen LogP contribution in [0.3, 0.4) is 0 Å². The third kappa shape index (κ3) is 4.52. The number of rotatable bonds is 5. The second kappa shape index (κ2) is 9.07. The Bertz CT molecular complexity index is 860. The molecule has 31 heavy (non-hydrogen) atoms. The standard InChI is InChI=1S/C23H31ClN4O3/c1-2-16-8-10-23(11-9-16)21(30)28(22(31)26-23)15-20(29)25-18-14-17(24)6-7-19(18)27-12-4-3-5-13-27/h6-7,14,16H,2-5,8-13,15H2,1H3,(H,25,29)(H,26,31). The fraction of sp³-hybridized carbons (Fsp3) is 0.609. The van der Waals surface area contributed by atoms with Crippen LogP contribution in [0.15, 0.2) is 18.2 Å². The first-order chi connectivity index (χ1) is 14.9. The average Bonchev–Trinajstić information content (AvgIpc) is 2.99. The molecule has 3 fully saturated rings. The van der Waals surface area contributed by atoms with Crippen molar-refractivity contribution in [1.29, 1.82) is 0 Å². The molecule has 0 atom stereocenters. The van der Waals surface area contributed by atoms with Crippen LogP contribution in [0.2, 0.25) is 5.02 Å². The molecule has 2 N–H and O–H groups in total. The zero-order chi connectivity index (χ0) is 22.0. The number of benzene rings is 1. The van der Waals surface area contributed by atoms with E-state index in [4.69, 9.17) is 11.6 Å². The van der Waals surface area contributed by atoms with Crippen LogP contribution < -0.4 is 15.5 Å². The summed E-state index contributed by atoms with van der Waals surface area (Å²) in [7, 11) is 0.